The quantitative estimate of drug-likeness (QED) is 0.566. The fourth-order valence-electron chi connectivity index (χ4n) is 2.74. The first-order valence-electron chi connectivity index (χ1n) is 9.25. The highest BCUT2D eigenvalue weighted by Crippen LogP contribution is 2.14. The molecule has 1 atom stereocenters. The Bertz CT molecular complexity index is 474. The Hall–Kier alpha value is -1.84. The van der Waals surface area contributed by atoms with Crippen molar-refractivity contribution in [1.82, 2.24) is 10.6 Å². The van der Waals surface area contributed by atoms with Gasteiger partial charge in [-0.1, -0.05) is 82.2 Å². The Morgan fingerprint density at radius 2 is 1.50 bits per heavy atom. The van der Waals surface area contributed by atoms with Gasteiger partial charge in [-0.05, 0) is 12.0 Å². The molecular formula is C20H32N2O2. The maximum absolute atomic E-state index is 12.1. The molecule has 4 heteroatoms. The monoisotopic (exact) mass is 332 g/mol. The number of benzene rings is 1. The lowest BCUT2D eigenvalue weighted by molar-refractivity contribution is -0.129. The van der Waals surface area contributed by atoms with Gasteiger partial charge >= 0.3 is 0 Å². The van der Waals surface area contributed by atoms with Crippen molar-refractivity contribution in [3.05, 3.63) is 35.9 Å². The van der Waals surface area contributed by atoms with Gasteiger partial charge in [-0.15, -0.1) is 0 Å². The first-order valence-corrected chi connectivity index (χ1v) is 9.25. The van der Waals surface area contributed by atoms with E-state index < -0.39 is 6.04 Å². The summed E-state index contributed by atoms with van der Waals surface area (Å²) in [5, 5.41) is 5.47. The molecular weight excluding hydrogens is 300 g/mol. The molecule has 0 aliphatic carbocycles. The summed E-state index contributed by atoms with van der Waals surface area (Å²) in [7, 11) is 1.59. The Morgan fingerprint density at radius 1 is 0.917 bits per heavy atom. The molecule has 2 amide bonds. The molecule has 0 aromatic heterocycles. The van der Waals surface area contributed by atoms with Crippen LogP contribution in [0.5, 0.6) is 0 Å². The Morgan fingerprint density at radius 3 is 2.08 bits per heavy atom. The van der Waals surface area contributed by atoms with E-state index in [0.29, 0.717) is 6.42 Å². The van der Waals surface area contributed by atoms with Crippen molar-refractivity contribution < 1.29 is 9.59 Å². The zero-order valence-corrected chi connectivity index (χ0v) is 15.1. The number of nitrogens with one attached hydrogen (secondary N) is 2. The summed E-state index contributed by atoms with van der Waals surface area (Å²) in [6.07, 6.45) is 10.1. The molecule has 0 aliphatic heterocycles. The summed E-state index contributed by atoms with van der Waals surface area (Å²) in [5.41, 5.74) is 0.807. The van der Waals surface area contributed by atoms with Crippen LogP contribution in [0.15, 0.2) is 30.3 Å². The SMILES string of the molecule is CCCCCCCCCCC(=O)N[C@H](C(=O)NC)c1ccccc1. The maximum Gasteiger partial charge on any atom is 0.246 e. The van der Waals surface area contributed by atoms with E-state index in [4.69, 9.17) is 0 Å². The molecule has 134 valence electrons. The lowest BCUT2D eigenvalue weighted by atomic mass is 10.0. The number of carbonyl (C=O) groups excluding carboxylic acids is 2. The van der Waals surface area contributed by atoms with Gasteiger partial charge in [0.05, 0.1) is 0 Å². The third-order valence-electron chi connectivity index (χ3n) is 4.20. The number of rotatable bonds is 12. The van der Waals surface area contributed by atoms with E-state index in [1.807, 2.05) is 30.3 Å². The van der Waals surface area contributed by atoms with Crippen molar-refractivity contribution in [2.75, 3.05) is 7.05 Å². The van der Waals surface area contributed by atoms with Crippen molar-refractivity contribution in [2.24, 2.45) is 0 Å². The molecule has 0 bridgehead atoms. The van der Waals surface area contributed by atoms with Crippen LogP contribution >= 0.6 is 0 Å². The zero-order chi connectivity index (χ0) is 17.6. The molecule has 0 unspecified atom stereocenters. The topological polar surface area (TPSA) is 58.2 Å². The fraction of sp³-hybridized carbons (Fsp3) is 0.600. The van der Waals surface area contributed by atoms with Gasteiger partial charge in [0.15, 0.2) is 0 Å². The van der Waals surface area contributed by atoms with E-state index in [2.05, 4.69) is 17.6 Å². The highest BCUT2D eigenvalue weighted by molar-refractivity contribution is 5.88. The van der Waals surface area contributed by atoms with Crippen LogP contribution in [0, 0.1) is 0 Å². The van der Waals surface area contributed by atoms with Crippen molar-refractivity contribution >= 4 is 11.8 Å². The van der Waals surface area contributed by atoms with Gasteiger partial charge in [0.25, 0.3) is 0 Å². The van der Waals surface area contributed by atoms with Gasteiger partial charge in [0.2, 0.25) is 11.8 Å². The molecule has 2 N–H and O–H groups in total. The molecule has 0 spiro atoms. The number of hydrogen-bond donors (Lipinski definition) is 2. The van der Waals surface area contributed by atoms with Gasteiger partial charge in [-0.2, -0.15) is 0 Å². The van der Waals surface area contributed by atoms with Crippen LogP contribution in [0.2, 0.25) is 0 Å². The molecule has 0 aliphatic rings. The van der Waals surface area contributed by atoms with Crippen molar-refractivity contribution in [1.29, 1.82) is 0 Å². The summed E-state index contributed by atoms with van der Waals surface area (Å²) in [4.78, 5) is 24.2. The molecule has 1 rings (SSSR count). The predicted molar refractivity (Wildman–Crippen MR) is 98.6 cm³/mol. The molecule has 0 fully saturated rings. The van der Waals surface area contributed by atoms with E-state index in [1.165, 1.54) is 38.5 Å². The second-order valence-electron chi connectivity index (χ2n) is 6.25. The largest absolute Gasteiger partial charge is 0.357 e. The average molecular weight is 332 g/mol. The maximum atomic E-state index is 12.1. The molecule has 0 saturated carbocycles. The highest BCUT2D eigenvalue weighted by Gasteiger charge is 2.21. The number of amides is 2. The molecule has 0 radical (unpaired) electrons. The number of likely N-dealkylation sites (N-methyl/N-ethyl adjacent to an activating group) is 1. The van der Waals surface area contributed by atoms with Crippen molar-refractivity contribution in [3.8, 4) is 0 Å². The smallest absolute Gasteiger partial charge is 0.246 e. The van der Waals surface area contributed by atoms with Crippen LogP contribution in [0.25, 0.3) is 0 Å². The first-order chi connectivity index (χ1) is 11.7. The van der Waals surface area contributed by atoms with Crippen molar-refractivity contribution in [2.45, 2.75) is 70.8 Å². The van der Waals surface area contributed by atoms with Crippen LogP contribution in [-0.4, -0.2) is 18.9 Å². The number of carbonyl (C=O) groups is 2. The minimum atomic E-state index is -0.613. The molecule has 4 nitrogen and oxygen atoms in total. The Labute approximate surface area is 146 Å². The third-order valence-corrected chi connectivity index (χ3v) is 4.20. The van der Waals surface area contributed by atoms with Crippen LogP contribution in [0.3, 0.4) is 0 Å². The number of hydrogen-bond acceptors (Lipinski definition) is 2. The second-order valence-corrected chi connectivity index (χ2v) is 6.25. The summed E-state index contributed by atoms with van der Waals surface area (Å²) in [6, 6.07) is 8.74. The predicted octanol–water partition coefficient (Wildman–Crippen LogP) is 4.12. The standard InChI is InChI=1S/C20H32N2O2/c1-3-4-5-6-7-8-9-13-16-18(23)22-19(20(24)21-2)17-14-11-10-12-15-17/h10-12,14-15,19H,3-9,13,16H2,1-2H3,(H,21,24)(H,22,23)/t19-/m0/s1. The molecule has 1 aromatic rings. The zero-order valence-electron chi connectivity index (χ0n) is 15.1. The molecule has 1 aromatic carbocycles. The highest BCUT2D eigenvalue weighted by atomic mass is 16.2. The normalized spacial score (nSPS) is 11.8. The van der Waals surface area contributed by atoms with E-state index in [9.17, 15) is 9.59 Å². The van der Waals surface area contributed by atoms with E-state index in [0.717, 1.165) is 18.4 Å². The Balaban J connectivity index is 2.29. The third kappa shape index (κ3) is 8.14. The molecule has 0 saturated heterocycles. The lowest BCUT2D eigenvalue weighted by Crippen LogP contribution is -2.38. The fourth-order valence-corrected chi connectivity index (χ4v) is 2.74. The second kappa shape index (κ2) is 12.6. The van der Waals surface area contributed by atoms with Gasteiger partial charge in [0.1, 0.15) is 6.04 Å². The number of unbranched alkanes of at least 4 members (excludes halogenated alkanes) is 7. The molecule has 0 heterocycles. The summed E-state index contributed by atoms with van der Waals surface area (Å²) in [6.45, 7) is 2.22. The summed E-state index contributed by atoms with van der Waals surface area (Å²) in [5.74, 6) is -0.246. The van der Waals surface area contributed by atoms with Gasteiger partial charge in [0, 0.05) is 13.5 Å². The van der Waals surface area contributed by atoms with E-state index in [-0.39, 0.29) is 11.8 Å². The van der Waals surface area contributed by atoms with Gasteiger partial charge in [-0.25, -0.2) is 0 Å². The Kier molecular flexibility index (Phi) is 10.6. The van der Waals surface area contributed by atoms with Crippen molar-refractivity contribution in [3.63, 3.8) is 0 Å². The minimum absolute atomic E-state index is 0.0570. The van der Waals surface area contributed by atoms with Crippen LogP contribution < -0.4 is 10.6 Å². The summed E-state index contributed by atoms with van der Waals surface area (Å²) >= 11 is 0. The van der Waals surface area contributed by atoms with Gasteiger partial charge < -0.3 is 10.6 Å². The van der Waals surface area contributed by atoms with Crippen LogP contribution in [0.1, 0.15) is 76.3 Å². The minimum Gasteiger partial charge on any atom is -0.357 e. The van der Waals surface area contributed by atoms with E-state index >= 15 is 0 Å². The van der Waals surface area contributed by atoms with Gasteiger partial charge in [-0.3, -0.25) is 9.59 Å². The van der Waals surface area contributed by atoms with Crippen LogP contribution in [0.4, 0.5) is 0 Å². The average Bonchev–Trinajstić information content (AvgIpc) is 2.62. The first kappa shape index (κ1) is 20.2. The lowest BCUT2D eigenvalue weighted by Gasteiger charge is -2.17. The van der Waals surface area contributed by atoms with Crippen LogP contribution in [-0.2, 0) is 9.59 Å². The van der Waals surface area contributed by atoms with E-state index in [1.54, 1.807) is 7.05 Å². The summed E-state index contributed by atoms with van der Waals surface area (Å²) < 4.78 is 0. The molecule has 24 heavy (non-hydrogen) atoms.